The average Bonchev–Trinajstić information content (AvgIpc) is 2.20. The minimum absolute atomic E-state index is 0.0505. The van der Waals surface area contributed by atoms with Crippen LogP contribution < -0.4 is 5.32 Å². The van der Waals surface area contributed by atoms with Gasteiger partial charge in [-0.3, -0.25) is 0 Å². The summed E-state index contributed by atoms with van der Waals surface area (Å²) in [5.74, 6) is 0. The van der Waals surface area contributed by atoms with E-state index in [-0.39, 0.29) is 6.10 Å². The van der Waals surface area contributed by atoms with E-state index in [0.717, 1.165) is 32.5 Å². The standard InChI is InChI=1S/C11H24N2O/c1-3-4-10(12-2)9-13-7-5-11(14)6-8-13/h10-12,14H,3-9H2,1-2H3. The van der Waals surface area contributed by atoms with Gasteiger partial charge in [-0.15, -0.1) is 0 Å². The molecule has 0 aromatic carbocycles. The van der Waals surface area contributed by atoms with E-state index in [9.17, 15) is 5.11 Å². The summed E-state index contributed by atoms with van der Waals surface area (Å²) in [6.07, 6.45) is 4.33. The van der Waals surface area contributed by atoms with Crippen molar-refractivity contribution in [2.45, 2.75) is 44.8 Å². The number of hydrogen-bond donors (Lipinski definition) is 2. The van der Waals surface area contributed by atoms with Crippen molar-refractivity contribution in [3.63, 3.8) is 0 Å². The van der Waals surface area contributed by atoms with Gasteiger partial charge in [0.2, 0.25) is 0 Å². The SMILES string of the molecule is CCCC(CN1CCC(O)CC1)NC. The molecule has 2 N–H and O–H groups in total. The Kier molecular flexibility index (Phi) is 5.45. The third kappa shape index (κ3) is 3.95. The van der Waals surface area contributed by atoms with Gasteiger partial charge < -0.3 is 15.3 Å². The molecule has 0 spiro atoms. The number of aliphatic hydroxyl groups excluding tert-OH is 1. The van der Waals surface area contributed by atoms with Crippen LogP contribution in [0.1, 0.15) is 32.6 Å². The largest absolute Gasteiger partial charge is 0.393 e. The molecular formula is C11H24N2O. The molecule has 1 saturated heterocycles. The zero-order valence-corrected chi connectivity index (χ0v) is 9.50. The lowest BCUT2D eigenvalue weighted by molar-refractivity contribution is 0.0776. The number of piperidine rings is 1. The molecule has 0 aromatic heterocycles. The molecule has 0 bridgehead atoms. The van der Waals surface area contributed by atoms with Crippen LogP contribution in [0.2, 0.25) is 0 Å². The summed E-state index contributed by atoms with van der Waals surface area (Å²) in [4.78, 5) is 2.46. The maximum Gasteiger partial charge on any atom is 0.0564 e. The van der Waals surface area contributed by atoms with Crippen molar-refractivity contribution in [3.8, 4) is 0 Å². The van der Waals surface area contributed by atoms with Gasteiger partial charge in [-0.1, -0.05) is 13.3 Å². The minimum Gasteiger partial charge on any atom is -0.393 e. The van der Waals surface area contributed by atoms with Crippen molar-refractivity contribution in [1.82, 2.24) is 10.2 Å². The molecule has 0 aromatic rings. The predicted octanol–water partition coefficient (Wildman–Crippen LogP) is 0.831. The highest BCUT2D eigenvalue weighted by atomic mass is 16.3. The Morgan fingerprint density at radius 1 is 1.43 bits per heavy atom. The number of nitrogens with zero attached hydrogens (tertiary/aromatic N) is 1. The van der Waals surface area contributed by atoms with E-state index in [1.165, 1.54) is 12.8 Å². The second-order valence-electron chi connectivity index (χ2n) is 4.31. The fourth-order valence-electron chi connectivity index (χ4n) is 2.09. The summed E-state index contributed by atoms with van der Waals surface area (Å²) >= 11 is 0. The van der Waals surface area contributed by atoms with Crippen LogP contribution in [0.15, 0.2) is 0 Å². The maximum absolute atomic E-state index is 9.38. The van der Waals surface area contributed by atoms with Gasteiger partial charge in [-0.25, -0.2) is 0 Å². The molecule has 1 fully saturated rings. The van der Waals surface area contributed by atoms with Crippen LogP contribution in [0.4, 0.5) is 0 Å². The molecular weight excluding hydrogens is 176 g/mol. The molecule has 1 aliphatic rings. The highest BCUT2D eigenvalue weighted by molar-refractivity contribution is 4.76. The highest BCUT2D eigenvalue weighted by Crippen LogP contribution is 2.11. The average molecular weight is 200 g/mol. The number of aliphatic hydroxyl groups is 1. The molecule has 0 radical (unpaired) electrons. The molecule has 1 unspecified atom stereocenters. The van der Waals surface area contributed by atoms with E-state index < -0.39 is 0 Å². The van der Waals surface area contributed by atoms with Gasteiger partial charge >= 0.3 is 0 Å². The van der Waals surface area contributed by atoms with Gasteiger partial charge in [0.1, 0.15) is 0 Å². The number of likely N-dealkylation sites (N-methyl/N-ethyl adjacent to an activating group) is 1. The second-order valence-corrected chi connectivity index (χ2v) is 4.31. The zero-order chi connectivity index (χ0) is 10.4. The quantitative estimate of drug-likeness (QED) is 0.690. The molecule has 1 rings (SSSR count). The lowest BCUT2D eigenvalue weighted by Crippen LogP contribution is -2.44. The summed E-state index contributed by atoms with van der Waals surface area (Å²) in [6.45, 7) is 5.48. The molecule has 3 nitrogen and oxygen atoms in total. The van der Waals surface area contributed by atoms with E-state index in [1.54, 1.807) is 0 Å². The molecule has 1 heterocycles. The fraction of sp³-hybridized carbons (Fsp3) is 1.00. The summed E-state index contributed by atoms with van der Waals surface area (Å²) in [5.41, 5.74) is 0. The van der Waals surface area contributed by atoms with E-state index in [2.05, 4.69) is 17.1 Å². The van der Waals surface area contributed by atoms with E-state index in [1.807, 2.05) is 7.05 Å². The number of nitrogens with one attached hydrogen (secondary N) is 1. The number of rotatable bonds is 5. The second kappa shape index (κ2) is 6.38. The third-order valence-electron chi connectivity index (χ3n) is 3.08. The van der Waals surface area contributed by atoms with Gasteiger partial charge in [0.15, 0.2) is 0 Å². The predicted molar refractivity (Wildman–Crippen MR) is 59.4 cm³/mol. The van der Waals surface area contributed by atoms with E-state index >= 15 is 0 Å². The Bertz CT molecular complexity index is 144. The first kappa shape index (κ1) is 12.0. The number of likely N-dealkylation sites (tertiary alicyclic amines) is 1. The molecule has 0 aliphatic carbocycles. The van der Waals surface area contributed by atoms with Crippen molar-refractivity contribution in [3.05, 3.63) is 0 Å². The lowest BCUT2D eigenvalue weighted by Gasteiger charge is -2.32. The first-order chi connectivity index (χ1) is 6.76. The molecule has 1 atom stereocenters. The summed E-state index contributed by atoms with van der Waals surface area (Å²) in [7, 11) is 2.04. The van der Waals surface area contributed by atoms with E-state index in [0.29, 0.717) is 6.04 Å². The van der Waals surface area contributed by atoms with Crippen molar-refractivity contribution >= 4 is 0 Å². The van der Waals surface area contributed by atoms with Crippen molar-refractivity contribution < 1.29 is 5.11 Å². The maximum atomic E-state index is 9.38. The van der Waals surface area contributed by atoms with Crippen molar-refractivity contribution in [1.29, 1.82) is 0 Å². The first-order valence-electron chi connectivity index (χ1n) is 5.84. The topological polar surface area (TPSA) is 35.5 Å². The Hall–Kier alpha value is -0.120. The Morgan fingerprint density at radius 3 is 2.57 bits per heavy atom. The van der Waals surface area contributed by atoms with Gasteiger partial charge in [0.25, 0.3) is 0 Å². The summed E-state index contributed by atoms with van der Waals surface area (Å²) in [6, 6.07) is 0.621. The minimum atomic E-state index is -0.0505. The van der Waals surface area contributed by atoms with Crippen LogP contribution in [0.5, 0.6) is 0 Å². The van der Waals surface area contributed by atoms with Crippen LogP contribution in [0, 0.1) is 0 Å². The third-order valence-corrected chi connectivity index (χ3v) is 3.08. The van der Waals surface area contributed by atoms with Gasteiger partial charge in [-0.2, -0.15) is 0 Å². The summed E-state index contributed by atoms with van der Waals surface area (Å²) in [5, 5.41) is 12.7. The molecule has 0 amide bonds. The fourth-order valence-corrected chi connectivity index (χ4v) is 2.09. The van der Waals surface area contributed by atoms with Gasteiger partial charge in [0, 0.05) is 25.7 Å². The Labute approximate surface area is 87.5 Å². The summed E-state index contributed by atoms with van der Waals surface area (Å²) < 4.78 is 0. The van der Waals surface area contributed by atoms with Crippen LogP contribution in [0.3, 0.4) is 0 Å². The molecule has 0 saturated carbocycles. The first-order valence-corrected chi connectivity index (χ1v) is 5.84. The van der Waals surface area contributed by atoms with Gasteiger partial charge in [-0.05, 0) is 26.3 Å². The molecule has 84 valence electrons. The van der Waals surface area contributed by atoms with Gasteiger partial charge in [0.05, 0.1) is 6.10 Å². The molecule has 14 heavy (non-hydrogen) atoms. The van der Waals surface area contributed by atoms with E-state index in [4.69, 9.17) is 0 Å². The normalized spacial score (nSPS) is 22.5. The number of hydrogen-bond acceptors (Lipinski definition) is 3. The van der Waals surface area contributed by atoms with Crippen molar-refractivity contribution in [2.24, 2.45) is 0 Å². The Balaban J connectivity index is 2.21. The zero-order valence-electron chi connectivity index (χ0n) is 9.50. The van der Waals surface area contributed by atoms with Crippen LogP contribution in [0.25, 0.3) is 0 Å². The Morgan fingerprint density at radius 2 is 2.07 bits per heavy atom. The van der Waals surface area contributed by atoms with Crippen molar-refractivity contribution in [2.75, 3.05) is 26.7 Å². The van der Waals surface area contributed by atoms with Crippen LogP contribution in [-0.2, 0) is 0 Å². The van der Waals surface area contributed by atoms with Crippen LogP contribution in [-0.4, -0.2) is 48.8 Å². The smallest absolute Gasteiger partial charge is 0.0564 e. The molecule has 1 aliphatic heterocycles. The lowest BCUT2D eigenvalue weighted by atomic mass is 10.1. The highest BCUT2D eigenvalue weighted by Gasteiger charge is 2.18. The monoisotopic (exact) mass is 200 g/mol. The van der Waals surface area contributed by atoms with Crippen LogP contribution >= 0.6 is 0 Å². The molecule has 3 heteroatoms.